The van der Waals surface area contributed by atoms with Crippen molar-refractivity contribution in [2.24, 2.45) is 0 Å². The first-order chi connectivity index (χ1) is 7.67. The van der Waals surface area contributed by atoms with Crippen LogP contribution in [0.15, 0.2) is 30.3 Å². The van der Waals surface area contributed by atoms with E-state index in [9.17, 15) is 9.18 Å². The van der Waals surface area contributed by atoms with Gasteiger partial charge < -0.3 is 9.47 Å². The Morgan fingerprint density at radius 2 is 2.19 bits per heavy atom. The van der Waals surface area contributed by atoms with Crippen molar-refractivity contribution in [3.05, 3.63) is 35.9 Å². The highest BCUT2D eigenvalue weighted by Crippen LogP contribution is 2.14. The molecule has 0 fully saturated rings. The molecule has 86 valence electrons. The van der Waals surface area contributed by atoms with E-state index in [-0.39, 0.29) is 0 Å². The third-order valence-electron chi connectivity index (χ3n) is 1.98. The summed E-state index contributed by atoms with van der Waals surface area (Å²) in [5, 5.41) is 0. The van der Waals surface area contributed by atoms with E-state index >= 15 is 0 Å². The minimum Gasteiger partial charge on any atom is -0.497 e. The molecule has 3 nitrogen and oxygen atoms in total. The van der Waals surface area contributed by atoms with Crippen molar-refractivity contribution in [1.29, 1.82) is 0 Å². The summed E-state index contributed by atoms with van der Waals surface area (Å²) < 4.78 is 22.3. The van der Waals surface area contributed by atoms with Crippen LogP contribution >= 0.6 is 0 Å². The Balaban J connectivity index is 2.72. The first kappa shape index (κ1) is 12.2. The molecule has 0 saturated heterocycles. The minimum atomic E-state index is -1.74. The van der Waals surface area contributed by atoms with Crippen molar-refractivity contribution in [3.63, 3.8) is 0 Å². The summed E-state index contributed by atoms with van der Waals surface area (Å²) in [5.41, 5.74) is 0.755. The number of ether oxygens (including phenoxy) is 2. The van der Waals surface area contributed by atoms with Gasteiger partial charge in [-0.25, -0.2) is 9.18 Å². The quantitative estimate of drug-likeness (QED) is 0.735. The number of benzene rings is 1. The Labute approximate surface area is 93.5 Å². The topological polar surface area (TPSA) is 35.5 Å². The van der Waals surface area contributed by atoms with Gasteiger partial charge in [0.25, 0.3) is 0 Å². The lowest BCUT2D eigenvalue weighted by Gasteiger charge is -2.01. The fraction of sp³-hybridized carbons (Fsp3) is 0.250. The van der Waals surface area contributed by atoms with Gasteiger partial charge in [-0.15, -0.1) is 0 Å². The fourth-order valence-corrected chi connectivity index (χ4v) is 1.13. The highest BCUT2D eigenvalue weighted by Gasteiger charge is 2.12. The van der Waals surface area contributed by atoms with Crippen LogP contribution < -0.4 is 4.74 Å². The molecule has 1 aromatic rings. The van der Waals surface area contributed by atoms with Gasteiger partial charge in [-0.05, 0) is 23.8 Å². The second-order valence-electron chi connectivity index (χ2n) is 3.06. The summed E-state index contributed by atoms with van der Waals surface area (Å²) in [4.78, 5) is 10.8. The number of halogens is 1. The zero-order chi connectivity index (χ0) is 12.0. The summed E-state index contributed by atoms with van der Waals surface area (Å²) in [6.07, 6.45) is 0.904. The lowest BCUT2D eigenvalue weighted by molar-refractivity contribution is -0.144. The third-order valence-corrected chi connectivity index (χ3v) is 1.98. The average Bonchev–Trinajstić information content (AvgIpc) is 2.35. The second-order valence-corrected chi connectivity index (χ2v) is 3.06. The molecule has 16 heavy (non-hydrogen) atoms. The Morgan fingerprint density at radius 1 is 1.44 bits per heavy atom. The number of carbonyl (C=O) groups excluding carboxylic acids is 1. The molecule has 0 aromatic heterocycles. The number of carbonyl (C=O) groups is 1. The maximum absolute atomic E-state index is 13.1. The fourth-order valence-electron chi connectivity index (χ4n) is 1.13. The predicted molar refractivity (Wildman–Crippen MR) is 58.9 cm³/mol. The first-order valence-corrected chi connectivity index (χ1v) is 4.71. The maximum atomic E-state index is 13.1. The molecule has 0 amide bonds. The van der Waals surface area contributed by atoms with E-state index in [1.807, 2.05) is 0 Å². The first-order valence-electron chi connectivity index (χ1n) is 4.71. The van der Waals surface area contributed by atoms with Gasteiger partial charge in [0.15, 0.2) is 0 Å². The van der Waals surface area contributed by atoms with Gasteiger partial charge in [0.05, 0.1) is 14.2 Å². The molecule has 0 aliphatic rings. The molecule has 0 saturated carbocycles. The normalized spacial score (nSPS) is 12.4. The van der Waals surface area contributed by atoms with Crippen LogP contribution in [-0.4, -0.2) is 26.4 Å². The number of esters is 1. The molecule has 0 heterocycles. The van der Waals surface area contributed by atoms with E-state index in [2.05, 4.69) is 4.74 Å². The number of methoxy groups -OCH3 is 2. The highest BCUT2D eigenvalue weighted by atomic mass is 19.1. The van der Waals surface area contributed by atoms with Gasteiger partial charge in [-0.3, -0.25) is 0 Å². The smallest absolute Gasteiger partial charge is 0.344 e. The SMILES string of the molecule is COC(=O)[C@@H](F)/C=C\c1cccc(OC)c1. The lowest BCUT2D eigenvalue weighted by Crippen LogP contribution is -2.13. The largest absolute Gasteiger partial charge is 0.497 e. The van der Waals surface area contributed by atoms with Crippen molar-refractivity contribution < 1.29 is 18.7 Å². The molecule has 0 spiro atoms. The van der Waals surface area contributed by atoms with Crippen LogP contribution in [0, 0.1) is 0 Å². The van der Waals surface area contributed by atoms with E-state index in [0.29, 0.717) is 5.75 Å². The lowest BCUT2D eigenvalue weighted by atomic mass is 10.2. The van der Waals surface area contributed by atoms with Gasteiger partial charge in [0, 0.05) is 0 Å². The molecular formula is C12H13FO3. The molecule has 1 rings (SSSR count). The van der Waals surface area contributed by atoms with Crippen molar-refractivity contribution in [3.8, 4) is 5.75 Å². The molecule has 1 atom stereocenters. The standard InChI is InChI=1S/C12H13FO3/c1-15-10-5-3-4-9(8-10)6-7-11(13)12(14)16-2/h3-8,11H,1-2H3/b7-6-/t11-/m0/s1. The third kappa shape index (κ3) is 3.38. The van der Waals surface area contributed by atoms with Crippen LogP contribution in [0.25, 0.3) is 6.08 Å². The van der Waals surface area contributed by atoms with Crippen LogP contribution in [0.4, 0.5) is 4.39 Å². The van der Waals surface area contributed by atoms with Gasteiger partial charge in [-0.2, -0.15) is 0 Å². The molecule has 0 aliphatic heterocycles. The molecule has 0 bridgehead atoms. The minimum absolute atomic E-state index is 0.677. The van der Waals surface area contributed by atoms with Crippen LogP contribution in [0.5, 0.6) is 5.75 Å². The molecule has 0 unspecified atom stereocenters. The second kappa shape index (κ2) is 5.90. The Bertz CT molecular complexity index is 388. The van der Waals surface area contributed by atoms with E-state index in [0.717, 1.165) is 18.7 Å². The van der Waals surface area contributed by atoms with Gasteiger partial charge in [-0.1, -0.05) is 18.2 Å². The van der Waals surface area contributed by atoms with Gasteiger partial charge >= 0.3 is 5.97 Å². The average molecular weight is 224 g/mol. The predicted octanol–water partition coefficient (Wildman–Crippen LogP) is 2.22. The Hall–Kier alpha value is -1.84. The summed E-state index contributed by atoms with van der Waals surface area (Å²) in [6.45, 7) is 0. The molecule has 0 N–H and O–H groups in total. The van der Waals surface area contributed by atoms with E-state index in [4.69, 9.17) is 4.74 Å². The molecule has 1 aromatic carbocycles. The van der Waals surface area contributed by atoms with Gasteiger partial charge in [0.1, 0.15) is 5.75 Å². The number of rotatable bonds is 4. The van der Waals surface area contributed by atoms with Crippen molar-refractivity contribution in [2.45, 2.75) is 6.17 Å². The van der Waals surface area contributed by atoms with Crippen molar-refractivity contribution in [2.75, 3.05) is 14.2 Å². The maximum Gasteiger partial charge on any atom is 0.344 e. The van der Waals surface area contributed by atoms with E-state index < -0.39 is 12.1 Å². The zero-order valence-corrected chi connectivity index (χ0v) is 9.14. The molecule has 0 aliphatic carbocycles. The Kier molecular flexibility index (Phi) is 4.51. The summed E-state index contributed by atoms with van der Waals surface area (Å²) in [6, 6.07) is 7.08. The zero-order valence-electron chi connectivity index (χ0n) is 9.14. The van der Waals surface area contributed by atoms with Crippen LogP contribution in [-0.2, 0) is 9.53 Å². The number of alkyl halides is 1. The Morgan fingerprint density at radius 3 is 2.81 bits per heavy atom. The summed E-state index contributed by atoms with van der Waals surface area (Å²) in [5.74, 6) is -0.227. The van der Waals surface area contributed by atoms with Crippen LogP contribution in [0.1, 0.15) is 5.56 Å². The van der Waals surface area contributed by atoms with Crippen LogP contribution in [0.3, 0.4) is 0 Å². The van der Waals surface area contributed by atoms with Gasteiger partial charge in [0.2, 0.25) is 6.17 Å². The number of hydrogen-bond acceptors (Lipinski definition) is 3. The summed E-state index contributed by atoms with van der Waals surface area (Å²) >= 11 is 0. The van der Waals surface area contributed by atoms with E-state index in [1.165, 1.54) is 6.08 Å². The molecule has 0 radical (unpaired) electrons. The molecular weight excluding hydrogens is 211 g/mol. The highest BCUT2D eigenvalue weighted by molar-refractivity contribution is 5.78. The monoisotopic (exact) mass is 224 g/mol. The van der Waals surface area contributed by atoms with Crippen molar-refractivity contribution >= 4 is 12.0 Å². The molecule has 4 heteroatoms. The van der Waals surface area contributed by atoms with E-state index in [1.54, 1.807) is 31.4 Å². The summed E-state index contributed by atoms with van der Waals surface area (Å²) in [7, 11) is 2.70. The van der Waals surface area contributed by atoms with Crippen LogP contribution in [0.2, 0.25) is 0 Å². The van der Waals surface area contributed by atoms with Crippen molar-refractivity contribution in [1.82, 2.24) is 0 Å². The number of hydrogen-bond donors (Lipinski definition) is 0.